The van der Waals surface area contributed by atoms with Gasteiger partial charge < -0.3 is 14.0 Å². The van der Waals surface area contributed by atoms with Crippen molar-refractivity contribution in [3.05, 3.63) is 118 Å². The third kappa shape index (κ3) is 4.71. The minimum atomic E-state index is -5.08. The quantitative estimate of drug-likeness (QED) is 0.139. The molecule has 3 aromatic carbocycles. The van der Waals surface area contributed by atoms with Crippen LogP contribution in [-0.4, -0.2) is 26.5 Å². The van der Waals surface area contributed by atoms with Gasteiger partial charge in [0.15, 0.2) is 34.9 Å². The Kier molecular flexibility index (Phi) is 7.98. The van der Waals surface area contributed by atoms with Gasteiger partial charge in [0.2, 0.25) is 0 Å². The summed E-state index contributed by atoms with van der Waals surface area (Å²) in [5, 5.41) is 0. The molecule has 0 spiro atoms. The molecule has 4 nitrogen and oxygen atoms in total. The highest BCUT2D eigenvalue weighted by molar-refractivity contribution is 6.92. The van der Waals surface area contributed by atoms with Crippen LogP contribution in [0.1, 0.15) is 15.9 Å². The lowest BCUT2D eigenvalue weighted by atomic mass is 9.40. The molecule has 0 N–H and O–H groups in total. The highest BCUT2D eigenvalue weighted by atomic mass is 19.2. The van der Waals surface area contributed by atoms with E-state index >= 15 is 17.6 Å². The Labute approximate surface area is 231 Å². The lowest BCUT2D eigenvalue weighted by Gasteiger charge is -2.37. The van der Waals surface area contributed by atoms with Crippen molar-refractivity contribution in [2.24, 2.45) is 0 Å². The van der Waals surface area contributed by atoms with Crippen LogP contribution in [0, 0.1) is 65.1 Å². The molecule has 220 valence electrons. The molecule has 42 heavy (non-hydrogen) atoms. The standard InChI is InChI=1S/C27H17BF10N2O2/c1-12-4-6-13(7-5-12)27(41)42-28(40-10-8-14(9-11-40)39(2)3,15-17(29)21(33)25(37)22(34)18(15)30)16-19(31)23(35)26(38)24(36)20(16)32/h4-11H,1-3H3. The van der Waals surface area contributed by atoms with Crippen LogP contribution in [0.15, 0.2) is 48.8 Å². The zero-order chi connectivity index (χ0) is 31.3. The van der Waals surface area contributed by atoms with Gasteiger partial charge >= 0.3 is 6.48 Å². The Morgan fingerprint density at radius 1 is 0.619 bits per heavy atom. The number of pyridine rings is 1. The van der Waals surface area contributed by atoms with Crippen LogP contribution in [-0.2, 0) is 4.65 Å². The topological polar surface area (TPSA) is 33.4 Å². The zero-order valence-corrected chi connectivity index (χ0v) is 21.7. The molecule has 0 amide bonds. The minimum absolute atomic E-state index is 0.288. The molecule has 0 bridgehead atoms. The van der Waals surface area contributed by atoms with Crippen molar-refractivity contribution in [3.8, 4) is 0 Å². The van der Waals surface area contributed by atoms with Gasteiger partial charge in [-0.2, -0.15) is 0 Å². The normalized spacial score (nSPS) is 11.5. The fourth-order valence-electron chi connectivity index (χ4n) is 4.44. The van der Waals surface area contributed by atoms with E-state index in [-0.39, 0.29) is 5.69 Å². The number of halogens is 10. The van der Waals surface area contributed by atoms with Gasteiger partial charge in [-0.1, -0.05) is 17.7 Å². The summed E-state index contributed by atoms with van der Waals surface area (Å²) in [5.41, 5.74) is -3.97. The van der Waals surface area contributed by atoms with Crippen LogP contribution in [0.5, 0.6) is 0 Å². The third-order valence-electron chi connectivity index (χ3n) is 6.61. The average molecular weight is 602 g/mol. The lowest BCUT2D eigenvalue weighted by molar-refractivity contribution is -0.553. The Hall–Kier alpha value is -4.56. The van der Waals surface area contributed by atoms with Gasteiger partial charge in [-0.15, -0.1) is 0 Å². The molecule has 0 unspecified atom stereocenters. The molecule has 4 rings (SSSR count). The van der Waals surface area contributed by atoms with E-state index < -0.39 is 87.1 Å². The molecular formula is C27H17BF10N2O2. The molecule has 15 heteroatoms. The lowest BCUT2D eigenvalue weighted by Crippen LogP contribution is -2.83. The molecule has 1 heterocycles. The highest BCUT2D eigenvalue weighted by Gasteiger charge is 2.56. The fourth-order valence-corrected chi connectivity index (χ4v) is 4.44. The van der Waals surface area contributed by atoms with Crippen molar-refractivity contribution >= 4 is 29.1 Å². The van der Waals surface area contributed by atoms with Crippen LogP contribution in [0.25, 0.3) is 0 Å². The number of benzene rings is 3. The summed E-state index contributed by atoms with van der Waals surface area (Å²) >= 11 is 0. The number of anilines is 1. The molecule has 0 atom stereocenters. The molecule has 4 aromatic rings. The summed E-state index contributed by atoms with van der Waals surface area (Å²) in [7, 11) is 3.03. The molecule has 0 fully saturated rings. The van der Waals surface area contributed by atoms with E-state index in [0.717, 1.165) is 36.7 Å². The van der Waals surface area contributed by atoms with Gasteiger partial charge in [0.05, 0.1) is 5.56 Å². The first-order chi connectivity index (χ1) is 19.6. The van der Waals surface area contributed by atoms with E-state index in [0.29, 0.717) is 10.0 Å². The first-order valence-electron chi connectivity index (χ1n) is 11.8. The van der Waals surface area contributed by atoms with Crippen molar-refractivity contribution in [1.82, 2.24) is 0 Å². The van der Waals surface area contributed by atoms with Crippen molar-refractivity contribution in [2.45, 2.75) is 6.92 Å². The van der Waals surface area contributed by atoms with E-state index in [4.69, 9.17) is 4.65 Å². The van der Waals surface area contributed by atoms with Crippen LogP contribution >= 0.6 is 0 Å². The Bertz CT molecular complexity index is 1590. The van der Waals surface area contributed by atoms with E-state index in [1.54, 1.807) is 6.92 Å². The second-order valence-corrected chi connectivity index (χ2v) is 9.38. The summed E-state index contributed by atoms with van der Waals surface area (Å²) in [5.74, 6) is -28.7. The fraction of sp³-hybridized carbons (Fsp3) is 0.111. The SMILES string of the molecule is Cc1ccc(C(=O)O[B-](c2c(F)c(F)c(F)c(F)c2F)(c2c(F)c(F)c(F)c(F)c2F)[n+]2ccc(N(C)C)cc2)cc1. The van der Waals surface area contributed by atoms with E-state index in [1.165, 1.54) is 31.1 Å². The van der Waals surface area contributed by atoms with Crippen molar-refractivity contribution in [1.29, 1.82) is 0 Å². The maximum Gasteiger partial charge on any atom is 0.527 e. The first kappa shape index (κ1) is 30.4. The van der Waals surface area contributed by atoms with Crippen molar-refractivity contribution in [3.63, 3.8) is 0 Å². The van der Waals surface area contributed by atoms with Crippen LogP contribution in [0.3, 0.4) is 0 Å². The number of aromatic nitrogens is 1. The molecule has 0 aliphatic rings. The number of rotatable bonds is 6. The third-order valence-corrected chi connectivity index (χ3v) is 6.61. The number of carbonyl (C=O) groups is 1. The predicted octanol–water partition coefficient (Wildman–Crippen LogP) is 4.70. The molecule has 1 aromatic heterocycles. The second kappa shape index (κ2) is 11.0. The van der Waals surface area contributed by atoms with Crippen molar-refractivity contribution < 1.29 is 57.8 Å². The van der Waals surface area contributed by atoms with Gasteiger partial charge in [0.25, 0.3) is 5.97 Å². The number of hydrogen-bond donors (Lipinski definition) is 0. The molecule has 0 aliphatic carbocycles. The smallest absolute Gasteiger partial charge is 0.527 e. The van der Waals surface area contributed by atoms with Crippen molar-refractivity contribution in [2.75, 3.05) is 19.0 Å². The molecule has 0 saturated carbocycles. The van der Waals surface area contributed by atoms with Crippen LogP contribution in [0.4, 0.5) is 49.6 Å². The number of hydrogen-bond acceptors (Lipinski definition) is 3. The summed E-state index contributed by atoms with van der Waals surface area (Å²) in [6, 6.07) is 7.01. The zero-order valence-electron chi connectivity index (χ0n) is 21.7. The van der Waals surface area contributed by atoms with Gasteiger partial charge in [-0.25, -0.2) is 43.9 Å². The molecule has 0 radical (unpaired) electrons. The predicted molar refractivity (Wildman–Crippen MR) is 130 cm³/mol. The Morgan fingerprint density at radius 3 is 1.33 bits per heavy atom. The molecular weight excluding hydrogens is 585 g/mol. The minimum Gasteiger partial charge on any atom is -0.621 e. The summed E-state index contributed by atoms with van der Waals surface area (Å²) < 4.78 is 154. The second-order valence-electron chi connectivity index (χ2n) is 9.38. The Balaban J connectivity index is 2.27. The average Bonchev–Trinajstić information content (AvgIpc) is 2.97. The number of carbonyl (C=O) groups excluding carboxylic acids is 1. The number of nitrogens with zero attached hydrogens (tertiary/aromatic N) is 2. The monoisotopic (exact) mass is 602 g/mol. The van der Waals surface area contributed by atoms with Gasteiger partial charge in [0, 0.05) is 31.9 Å². The van der Waals surface area contributed by atoms with Crippen LogP contribution in [0.2, 0.25) is 0 Å². The maximum atomic E-state index is 15.5. The van der Waals surface area contributed by atoms with Gasteiger partial charge in [0.1, 0.15) is 35.7 Å². The summed E-state index contributed by atoms with van der Waals surface area (Å²) in [6.07, 6.45) is 1.49. The van der Waals surface area contributed by atoms with Gasteiger partial charge in [-0.05, 0) is 30.0 Å². The molecule has 0 saturated heterocycles. The maximum absolute atomic E-state index is 15.5. The molecule has 0 aliphatic heterocycles. The summed E-state index contributed by atoms with van der Waals surface area (Å²) in [6.45, 7) is -3.49. The van der Waals surface area contributed by atoms with E-state index in [9.17, 15) is 31.1 Å². The summed E-state index contributed by atoms with van der Waals surface area (Å²) in [4.78, 5) is 14.8. The number of aryl methyl sites for hydroxylation is 1. The van der Waals surface area contributed by atoms with Gasteiger partial charge in [-0.3, -0.25) is 4.79 Å². The largest absolute Gasteiger partial charge is 0.621 e. The highest BCUT2D eigenvalue weighted by Crippen LogP contribution is 2.25. The Morgan fingerprint density at radius 2 is 0.976 bits per heavy atom. The van der Waals surface area contributed by atoms with E-state index in [1.807, 2.05) is 0 Å². The van der Waals surface area contributed by atoms with E-state index in [2.05, 4.69) is 0 Å². The van der Waals surface area contributed by atoms with Crippen LogP contribution < -0.4 is 20.3 Å². The first-order valence-corrected chi connectivity index (χ1v) is 11.8.